The Morgan fingerprint density at radius 2 is 1.62 bits per heavy atom. The van der Waals surface area contributed by atoms with Gasteiger partial charge in [-0.25, -0.2) is 13.2 Å². The van der Waals surface area contributed by atoms with Crippen LogP contribution in [0.25, 0.3) is 0 Å². The van der Waals surface area contributed by atoms with Crippen molar-refractivity contribution in [1.82, 2.24) is 19.0 Å². The normalized spacial score (nSPS) is 20.7. The number of hydrogen-bond donors (Lipinski definition) is 0. The summed E-state index contributed by atoms with van der Waals surface area (Å²) in [6.45, 7) is 1.35. The maximum absolute atomic E-state index is 13.6. The van der Waals surface area contributed by atoms with Crippen molar-refractivity contribution in [3.63, 3.8) is 0 Å². The van der Waals surface area contributed by atoms with Gasteiger partial charge in [-0.1, -0.05) is 30.3 Å². The lowest BCUT2D eigenvalue weighted by Gasteiger charge is -2.35. The number of urea groups is 1. The molecule has 0 N–H and O–H groups in total. The number of rotatable bonds is 5. The number of sulfonamides is 1. The van der Waals surface area contributed by atoms with E-state index in [4.69, 9.17) is 4.74 Å². The number of likely N-dealkylation sites (tertiary alicyclic amines) is 1. The van der Waals surface area contributed by atoms with E-state index in [-0.39, 0.29) is 56.0 Å². The topological polar surface area (TPSA) is 90.5 Å². The van der Waals surface area contributed by atoms with Crippen LogP contribution in [0.2, 0.25) is 0 Å². The summed E-state index contributed by atoms with van der Waals surface area (Å²) in [5, 5.41) is 0. The number of methoxy groups -OCH3 is 1. The van der Waals surface area contributed by atoms with Crippen molar-refractivity contribution in [2.24, 2.45) is 0 Å². The van der Waals surface area contributed by atoms with Crippen LogP contribution in [0, 0.1) is 0 Å². The number of likely N-dealkylation sites (N-methyl/N-ethyl adjacent to an activating group) is 1. The average molecular weight is 569 g/mol. The molecule has 2 aromatic carbocycles. The second kappa shape index (κ2) is 11.0. The molecule has 2 fully saturated rings. The van der Waals surface area contributed by atoms with Gasteiger partial charge in [-0.2, -0.15) is 17.5 Å². The lowest BCUT2D eigenvalue weighted by molar-refractivity contribution is -0.138. The summed E-state index contributed by atoms with van der Waals surface area (Å²) in [5.41, 5.74) is -0.288. The third-order valence-electron chi connectivity index (χ3n) is 7.34. The molecular weight excluding hydrogens is 537 g/mol. The standard InChI is InChI=1S/C26H31F3N4O5S/c1-30(24(34)19-9-10-23(38-2)21(15-19)26(27,28)29)22-17-32(16-20(22)18-7-5-4-6-8-18)25(35)31-11-13-33(14-12-31)39(3,36)37/h4-10,15,20,22H,11-14,16-17H2,1-3H3. The number of amides is 3. The van der Waals surface area contributed by atoms with E-state index in [1.54, 1.807) is 9.80 Å². The number of nitrogens with zero attached hydrogens (tertiary/aromatic N) is 4. The summed E-state index contributed by atoms with van der Waals surface area (Å²) in [7, 11) is -0.692. The smallest absolute Gasteiger partial charge is 0.419 e. The van der Waals surface area contributed by atoms with E-state index in [0.29, 0.717) is 6.54 Å². The van der Waals surface area contributed by atoms with Crippen molar-refractivity contribution in [2.75, 3.05) is 59.7 Å². The molecule has 4 rings (SSSR count). The Hall–Kier alpha value is -3.32. The second-order valence-corrected chi connectivity index (χ2v) is 11.7. The molecule has 0 bridgehead atoms. The van der Waals surface area contributed by atoms with Gasteiger partial charge < -0.3 is 19.4 Å². The van der Waals surface area contributed by atoms with E-state index in [0.717, 1.165) is 31.1 Å². The first-order valence-electron chi connectivity index (χ1n) is 12.4. The van der Waals surface area contributed by atoms with Crippen LogP contribution in [-0.2, 0) is 16.2 Å². The molecule has 0 aliphatic carbocycles. The van der Waals surface area contributed by atoms with Crippen LogP contribution in [0.3, 0.4) is 0 Å². The molecule has 0 spiro atoms. The predicted octanol–water partition coefficient (Wildman–Crippen LogP) is 2.95. The molecule has 2 aromatic rings. The molecule has 2 unspecified atom stereocenters. The van der Waals surface area contributed by atoms with E-state index in [2.05, 4.69) is 0 Å². The molecular formula is C26H31F3N4O5S. The number of carbonyl (C=O) groups is 2. The number of ether oxygens (including phenoxy) is 1. The van der Waals surface area contributed by atoms with Crippen molar-refractivity contribution in [3.8, 4) is 5.75 Å². The molecule has 2 aliphatic heterocycles. The van der Waals surface area contributed by atoms with Gasteiger partial charge in [0.15, 0.2) is 0 Å². The zero-order chi connectivity index (χ0) is 28.5. The van der Waals surface area contributed by atoms with E-state index >= 15 is 0 Å². The monoisotopic (exact) mass is 568 g/mol. The fraction of sp³-hybridized carbons (Fsp3) is 0.462. The predicted molar refractivity (Wildman–Crippen MR) is 138 cm³/mol. The first-order chi connectivity index (χ1) is 18.3. The van der Waals surface area contributed by atoms with Crippen LogP contribution in [0.4, 0.5) is 18.0 Å². The van der Waals surface area contributed by atoms with Crippen molar-refractivity contribution in [3.05, 3.63) is 65.2 Å². The number of alkyl halides is 3. The van der Waals surface area contributed by atoms with Crippen LogP contribution < -0.4 is 4.74 Å². The molecule has 2 heterocycles. The number of benzene rings is 2. The van der Waals surface area contributed by atoms with E-state index in [9.17, 15) is 31.2 Å². The number of carbonyl (C=O) groups excluding carboxylic acids is 2. The Morgan fingerprint density at radius 3 is 2.18 bits per heavy atom. The molecule has 0 saturated carbocycles. The van der Waals surface area contributed by atoms with Crippen molar-refractivity contribution >= 4 is 22.0 Å². The maximum atomic E-state index is 13.6. The van der Waals surface area contributed by atoms with E-state index in [1.165, 1.54) is 22.3 Å². The quantitative estimate of drug-likeness (QED) is 0.554. The highest BCUT2D eigenvalue weighted by molar-refractivity contribution is 7.88. The van der Waals surface area contributed by atoms with Crippen LogP contribution in [0.15, 0.2) is 48.5 Å². The first-order valence-corrected chi connectivity index (χ1v) is 14.2. The molecule has 2 atom stereocenters. The average Bonchev–Trinajstić information content (AvgIpc) is 3.36. The molecule has 13 heteroatoms. The van der Waals surface area contributed by atoms with E-state index < -0.39 is 33.7 Å². The fourth-order valence-corrected chi connectivity index (χ4v) is 6.02. The SMILES string of the molecule is COc1ccc(C(=O)N(C)C2CN(C(=O)N3CCN(S(C)(=O)=O)CC3)CC2c2ccccc2)cc1C(F)(F)F. The van der Waals surface area contributed by atoms with Gasteiger partial charge >= 0.3 is 12.2 Å². The molecule has 3 amide bonds. The highest BCUT2D eigenvalue weighted by Crippen LogP contribution is 2.38. The number of piperazine rings is 1. The minimum absolute atomic E-state index is 0.140. The first kappa shape index (κ1) is 28.7. The van der Waals surface area contributed by atoms with Gasteiger partial charge in [0.05, 0.1) is 25.0 Å². The minimum atomic E-state index is -4.70. The molecule has 39 heavy (non-hydrogen) atoms. The van der Waals surface area contributed by atoms with Crippen molar-refractivity contribution < 1.29 is 35.9 Å². The maximum Gasteiger partial charge on any atom is 0.419 e. The number of hydrogen-bond acceptors (Lipinski definition) is 5. The summed E-state index contributed by atoms with van der Waals surface area (Å²) in [6, 6.07) is 11.8. The van der Waals surface area contributed by atoms with Crippen molar-refractivity contribution in [1.29, 1.82) is 0 Å². The van der Waals surface area contributed by atoms with Crippen LogP contribution in [-0.4, -0.2) is 105 Å². The van der Waals surface area contributed by atoms with Crippen LogP contribution in [0.5, 0.6) is 5.75 Å². The van der Waals surface area contributed by atoms with Gasteiger partial charge in [-0.3, -0.25) is 4.79 Å². The van der Waals surface area contributed by atoms with Crippen LogP contribution in [0.1, 0.15) is 27.4 Å². The third kappa shape index (κ3) is 6.14. The highest BCUT2D eigenvalue weighted by atomic mass is 32.2. The zero-order valence-electron chi connectivity index (χ0n) is 21.9. The summed E-state index contributed by atoms with van der Waals surface area (Å²) < 4.78 is 70.6. The van der Waals surface area contributed by atoms with Crippen molar-refractivity contribution in [2.45, 2.75) is 18.1 Å². The third-order valence-corrected chi connectivity index (χ3v) is 8.64. The summed E-state index contributed by atoms with van der Waals surface area (Å²) >= 11 is 0. The number of halogens is 3. The Morgan fingerprint density at radius 1 is 0.974 bits per heavy atom. The van der Waals surface area contributed by atoms with Gasteiger partial charge in [0.1, 0.15) is 5.75 Å². The van der Waals surface area contributed by atoms with Gasteiger partial charge in [0.2, 0.25) is 10.0 Å². The summed E-state index contributed by atoms with van der Waals surface area (Å²) in [5.74, 6) is -1.26. The zero-order valence-corrected chi connectivity index (χ0v) is 22.7. The molecule has 9 nitrogen and oxygen atoms in total. The molecule has 212 valence electrons. The minimum Gasteiger partial charge on any atom is -0.496 e. The summed E-state index contributed by atoms with van der Waals surface area (Å²) in [6.07, 6.45) is -3.57. The van der Waals surface area contributed by atoms with Crippen LogP contribution >= 0.6 is 0 Å². The molecule has 2 aliphatic rings. The Bertz CT molecular complexity index is 1310. The van der Waals surface area contributed by atoms with Gasteiger partial charge in [0.25, 0.3) is 5.91 Å². The Kier molecular flexibility index (Phi) is 8.12. The lowest BCUT2D eigenvalue weighted by atomic mass is 9.93. The van der Waals surface area contributed by atoms with Gasteiger partial charge in [0, 0.05) is 57.8 Å². The second-order valence-electron chi connectivity index (χ2n) is 9.75. The molecule has 0 radical (unpaired) electrons. The van der Waals surface area contributed by atoms with E-state index in [1.807, 2.05) is 30.3 Å². The fourth-order valence-electron chi connectivity index (χ4n) is 5.19. The Labute approximate surface area is 225 Å². The highest BCUT2D eigenvalue weighted by Gasteiger charge is 2.42. The van der Waals surface area contributed by atoms with Gasteiger partial charge in [-0.15, -0.1) is 0 Å². The summed E-state index contributed by atoms with van der Waals surface area (Å²) in [4.78, 5) is 31.5. The lowest BCUT2D eigenvalue weighted by Crippen LogP contribution is -2.53. The van der Waals surface area contributed by atoms with Gasteiger partial charge in [-0.05, 0) is 23.8 Å². The Balaban J connectivity index is 1.57. The largest absolute Gasteiger partial charge is 0.496 e. The molecule has 2 saturated heterocycles. The molecule has 0 aromatic heterocycles.